The Labute approximate surface area is 169 Å². The minimum absolute atomic E-state index is 0. The van der Waals surface area contributed by atoms with E-state index in [4.69, 9.17) is 9.47 Å². The summed E-state index contributed by atoms with van der Waals surface area (Å²) in [5, 5.41) is 6.54. The van der Waals surface area contributed by atoms with Gasteiger partial charge in [-0.1, -0.05) is 18.2 Å². The van der Waals surface area contributed by atoms with Crippen LogP contribution in [0.5, 0.6) is 5.75 Å². The quantitative estimate of drug-likeness (QED) is 0.215. The highest BCUT2D eigenvalue weighted by Gasteiger charge is 2.00. The van der Waals surface area contributed by atoms with E-state index in [9.17, 15) is 0 Å². The summed E-state index contributed by atoms with van der Waals surface area (Å²) in [6.45, 7) is 7.75. The van der Waals surface area contributed by atoms with Crippen molar-refractivity contribution in [2.45, 2.75) is 13.3 Å². The summed E-state index contributed by atoms with van der Waals surface area (Å²) in [5.41, 5.74) is 0. The van der Waals surface area contributed by atoms with Gasteiger partial charge >= 0.3 is 0 Å². The maximum Gasteiger partial charge on any atom is 0.191 e. The molecule has 2 N–H and O–H groups in total. The van der Waals surface area contributed by atoms with Crippen LogP contribution in [0.3, 0.4) is 0 Å². The highest BCUT2D eigenvalue weighted by molar-refractivity contribution is 14.0. The molecule has 6 nitrogen and oxygen atoms in total. The number of aliphatic imine (C=N–C) groups is 1. The van der Waals surface area contributed by atoms with Gasteiger partial charge in [-0.15, -0.1) is 24.0 Å². The SMILES string of the molecule is CCNC(=NCCN(C)CCCOC)NCCOc1ccccc1.I. The Morgan fingerprint density at radius 3 is 2.56 bits per heavy atom. The third-order valence-electron chi connectivity index (χ3n) is 3.39. The largest absolute Gasteiger partial charge is 0.492 e. The minimum atomic E-state index is 0. The van der Waals surface area contributed by atoms with Crippen LogP contribution >= 0.6 is 24.0 Å². The summed E-state index contributed by atoms with van der Waals surface area (Å²) < 4.78 is 10.7. The van der Waals surface area contributed by atoms with Gasteiger partial charge in [0.05, 0.1) is 13.1 Å². The van der Waals surface area contributed by atoms with E-state index in [1.54, 1.807) is 7.11 Å². The summed E-state index contributed by atoms with van der Waals surface area (Å²) in [6, 6.07) is 9.83. The van der Waals surface area contributed by atoms with Crippen LogP contribution in [0.2, 0.25) is 0 Å². The second-order valence-electron chi connectivity index (χ2n) is 5.50. The van der Waals surface area contributed by atoms with Crippen LogP contribution in [0, 0.1) is 0 Å². The number of nitrogens with zero attached hydrogens (tertiary/aromatic N) is 2. The van der Waals surface area contributed by atoms with Crippen LogP contribution in [0.25, 0.3) is 0 Å². The molecule has 144 valence electrons. The summed E-state index contributed by atoms with van der Waals surface area (Å²) >= 11 is 0. The lowest BCUT2D eigenvalue weighted by molar-refractivity contribution is 0.180. The molecular weight excluding hydrogens is 431 g/mol. The zero-order valence-electron chi connectivity index (χ0n) is 15.7. The first-order valence-electron chi connectivity index (χ1n) is 8.63. The fourth-order valence-corrected chi connectivity index (χ4v) is 2.12. The molecule has 0 aliphatic heterocycles. The number of likely N-dealkylation sites (N-methyl/N-ethyl adjacent to an activating group) is 1. The van der Waals surface area contributed by atoms with Crippen LogP contribution in [0.1, 0.15) is 13.3 Å². The van der Waals surface area contributed by atoms with E-state index < -0.39 is 0 Å². The summed E-state index contributed by atoms with van der Waals surface area (Å²) in [5.74, 6) is 1.72. The molecule has 0 saturated heterocycles. The number of halogens is 1. The number of hydrogen-bond acceptors (Lipinski definition) is 4. The molecule has 7 heteroatoms. The lowest BCUT2D eigenvalue weighted by Crippen LogP contribution is -2.39. The molecule has 0 atom stereocenters. The number of ether oxygens (including phenoxy) is 2. The highest BCUT2D eigenvalue weighted by atomic mass is 127. The van der Waals surface area contributed by atoms with Crippen molar-refractivity contribution in [1.29, 1.82) is 0 Å². The number of para-hydroxylation sites is 1. The molecule has 0 unspecified atom stereocenters. The molecule has 0 bridgehead atoms. The molecule has 0 heterocycles. The summed E-state index contributed by atoms with van der Waals surface area (Å²) in [6.07, 6.45) is 1.05. The summed E-state index contributed by atoms with van der Waals surface area (Å²) in [4.78, 5) is 6.86. The Hall–Kier alpha value is -1.06. The number of hydrogen-bond donors (Lipinski definition) is 2. The smallest absolute Gasteiger partial charge is 0.191 e. The molecule has 25 heavy (non-hydrogen) atoms. The van der Waals surface area contributed by atoms with Crippen molar-refractivity contribution >= 4 is 29.9 Å². The lowest BCUT2D eigenvalue weighted by Gasteiger charge is -2.16. The van der Waals surface area contributed by atoms with Crippen LogP contribution in [-0.2, 0) is 4.74 Å². The zero-order valence-corrected chi connectivity index (χ0v) is 18.0. The second kappa shape index (κ2) is 16.4. The standard InChI is InChI=1S/C18H32N4O2.HI/c1-4-19-18(20-11-14-22(2)13-8-15-23-3)21-12-16-24-17-9-6-5-7-10-17;/h5-7,9-10H,4,8,11-16H2,1-3H3,(H2,19,20,21);1H. The average Bonchev–Trinajstić information content (AvgIpc) is 2.60. The zero-order chi connectivity index (χ0) is 17.5. The number of rotatable bonds is 12. The Balaban J connectivity index is 0.00000576. The van der Waals surface area contributed by atoms with E-state index in [0.717, 1.165) is 50.9 Å². The molecule has 0 aliphatic rings. The highest BCUT2D eigenvalue weighted by Crippen LogP contribution is 2.07. The van der Waals surface area contributed by atoms with Crippen molar-refractivity contribution in [3.05, 3.63) is 30.3 Å². The van der Waals surface area contributed by atoms with E-state index >= 15 is 0 Å². The van der Waals surface area contributed by atoms with E-state index in [2.05, 4.69) is 34.5 Å². The number of methoxy groups -OCH3 is 1. The van der Waals surface area contributed by atoms with Crippen molar-refractivity contribution in [3.8, 4) is 5.75 Å². The van der Waals surface area contributed by atoms with Gasteiger partial charge in [-0.2, -0.15) is 0 Å². The molecule has 0 aliphatic carbocycles. The molecule has 0 spiro atoms. The van der Waals surface area contributed by atoms with Crippen molar-refractivity contribution in [2.75, 3.05) is 60.1 Å². The van der Waals surface area contributed by atoms with Crippen LogP contribution in [-0.4, -0.2) is 71.0 Å². The fourth-order valence-electron chi connectivity index (χ4n) is 2.12. The molecule has 0 fully saturated rings. The van der Waals surface area contributed by atoms with E-state index in [-0.39, 0.29) is 24.0 Å². The van der Waals surface area contributed by atoms with Crippen molar-refractivity contribution in [3.63, 3.8) is 0 Å². The first-order valence-corrected chi connectivity index (χ1v) is 8.63. The maximum absolute atomic E-state index is 5.67. The minimum Gasteiger partial charge on any atom is -0.492 e. The van der Waals surface area contributed by atoms with Gasteiger partial charge in [0.15, 0.2) is 5.96 Å². The number of nitrogens with one attached hydrogen (secondary N) is 2. The summed E-state index contributed by atoms with van der Waals surface area (Å²) in [7, 11) is 3.85. The first kappa shape index (κ1) is 23.9. The Morgan fingerprint density at radius 1 is 1.12 bits per heavy atom. The third kappa shape index (κ3) is 12.9. The number of benzene rings is 1. The molecule has 0 saturated carbocycles. The topological polar surface area (TPSA) is 58.1 Å². The molecular formula is C18H33IN4O2. The molecule has 1 rings (SSSR count). The van der Waals surface area contributed by atoms with Gasteiger partial charge in [0.25, 0.3) is 0 Å². The lowest BCUT2D eigenvalue weighted by atomic mass is 10.3. The van der Waals surface area contributed by atoms with E-state index in [1.165, 1.54) is 0 Å². The first-order chi connectivity index (χ1) is 11.8. The molecule has 0 radical (unpaired) electrons. The van der Waals surface area contributed by atoms with E-state index in [0.29, 0.717) is 13.2 Å². The predicted octanol–water partition coefficient (Wildman–Crippen LogP) is 2.21. The van der Waals surface area contributed by atoms with Crippen LogP contribution in [0.15, 0.2) is 35.3 Å². The Morgan fingerprint density at radius 2 is 1.88 bits per heavy atom. The van der Waals surface area contributed by atoms with Crippen molar-refractivity contribution < 1.29 is 9.47 Å². The predicted molar refractivity (Wildman–Crippen MR) is 115 cm³/mol. The van der Waals surface area contributed by atoms with Gasteiger partial charge in [0.1, 0.15) is 12.4 Å². The van der Waals surface area contributed by atoms with Crippen molar-refractivity contribution in [1.82, 2.24) is 15.5 Å². The van der Waals surface area contributed by atoms with E-state index in [1.807, 2.05) is 30.3 Å². The number of guanidine groups is 1. The monoisotopic (exact) mass is 464 g/mol. The molecule has 0 amide bonds. The van der Waals surface area contributed by atoms with Gasteiger partial charge in [-0.05, 0) is 32.5 Å². The third-order valence-corrected chi connectivity index (χ3v) is 3.39. The second-order valence-corrected chi connectivity index (χ2v) is 5.50. The van der Waals surface area contributed by atoms with Gasteiger partial charge in [0.2, 0.25) is 0 Å². The van der Waals surface area contributed by atoms with Gasteiger partial charge in [0, 0.05) is 33.4 Å². The Bertz CT molecular complexity index is 446. The maximum atomic E-state index is 5.67. The fraction of sp³-hybridized carbons (Fsp3) is 0.611. The van der Waals surface area contributed by atoms with Crippen LogP contribution in [0.4, 0.5) is 0 Å². The Kier molecular flexibility index (Phi) is 15.7. The normalized spacial score (nSPS) is 11.1. The molecule has 1 aromatic rings. The van der Waals surface area contributed by atoms with Gasteiger partial charge < -0.3 is 25.0 Å². The molecule has 1 aromatic carbocycles. The van der Waals surface area contributed by atoms with Gasteiger partial charge in [-0.3, -0.25) is 4.99 Å². The van der Waals surface area contributed by atoms with Gasteiger partial charge in [-0.25, -0.2) is 0 Å². The average molecular weight is 464 g/mol. The molecule has 0 aromatic heterocycles. The van der Waals surface area contributed by atoms with Crippen molar-refractivity contribution in [2.24, 2.45) is 4.99 Å². The van der Waals surface area contributed by atoms with Crippen LogP contribution < -0.4 is 15.4 Å².